The van der Waals surface area contributed by atoms with Gasteiger partial charge in [-0.2, -0.15) is 0 Å². The number of nitrogens with zero attached hydrogens (tertiary/aromatic N) is 1. The molecule has 176 valence electrons. The lowest BCUT2D eigenvalue weighted by Crippen LogP contribution is -2.39. The van der Waals surface area contributed by atoms with Crippen LogP contribution in [0.15, 0.2) is 42.5 Å². The molecule has 1 unspecified atom stereocenters. The molecule has 1 aliphatic heterocycles. The first-order valence-corrected chi connectivity index (χ1v) is 12.4. The first-order valence-electron chi connectivity index (χ1n) is 12.0. The summed E-state index contributed by atoms with van der Waals surface area (Å²) >= 11 is 6.63. The maximum absolute atomic E-state index is 13.0. The molecule has 1 atom stereocenters. The number of amides is 1. The summed E-state index contributed by atoms with van der Waals surface area (Å²) < 4.78 is 5.60. The quantitative estimate of drug-likeness (QED) is 0.459. The van der Waals surface area contributed by atoms with E-state index in [4.69, 9.17) is 21.4 Å². The SMILES string of the molecule is O=C(O)CCCOc1ccc(-c2ccc(CC3CCN(C4CCCCC4)C3=O)c(Cl)c2)cc1. The Morgan fingerprint density at radius 2 is 1.76 bits per heavy atom. The lowest BCUT2D eigenvalue weighted by molar-refractivity contribution is -0.137. The molecule has 1 saturated carbocycles. The van der Waals surface area contributed by atoms with Gasteiger partial charge in [0.05, 0.1) is 6.61 Å². The van der Waals surface area contributed by atoms with E-state index in [1.165, 1.54) is 19.3 Å². The molecule has 4 rings (SSSR count). The van der Waals surface area contributed by atoms with Gasteiger partial charge in [0.15, 0.2) is 0 Å². The Hall–Kier alpha value is -2.53. The molecule has 33 heavy (non-hydrogen) atoms. The number of benzene rings is 2. The van der Waals surface area contributed by atoms with Crippen molar-refractivity contribution in [3.63, 3.8) is 0 Å². The van der Waals surface area contributed by atoms with E-state index >= 15 is 0 Å². The number of halogens is 1. The maximum atomic E-state index is 13.0. The molecule has 2 aliphatic rings. The van der Waals surface area contributed by atoms with E-state index in [9.17, 15) is 9.59 Å². The van der Waals surface area contributed by atoms with Gasteiger partial charge in [-0.3, -0.25) is 9.59 Å². The molecule has 2 aromatic rings. The Morgan fingerprint density at radius 1 is 1.03 bits per heavy atom. The van der Waals surface area contributed by atoms with Crippen LogP contribution in [0, 0.1) is 5.92 Å². The largest absolute Gasteiger partial charge is 0.494 e. The van der Waals surface area contributed by atoms with Crippen LogP contribution in [0.3, 0.4) is 0 Å². The average Bonchev–Trinajstić information content (AvgIpc) is 3.19. The fraction of sp³-hybridized carbons (Fsp3) is 0.481. The smallest absolute Gasteiger partial charge is 0.303 e. The predicted molar refractivity (Wildman–Crippen MR) is 130 cm³/mol. The molecule has 1 heterocycles. The zero-order chi connectivity index (χ0) is 23.2. The number of aliphatic carboxylic acids is 1. The normalized spacial score (nSPS) is 19.1. The average molecular weight is 470 g/mol. The summed E-state index contributed by atoms with van der Waals surface area (Å²) in [4.78, 5) is 25.7. The van der Waals surface area contributed by atoms with Crippen LogP contribution in [0.5, 0.6) is 5.75 Å². The molecule has 0 radical (unpaired) electrons. The molecule has 1 amide bonds. The Bertz CT molecular complexity index is 969. The van der Waals surface area contributed by atoms with Gasteiger partial charge in [-0.25, -0.2) is 0 Å². The van der Waals surface area contributed by atoms with Gasteiger partial charge in [-0.15, -0.1) is 0 Å². The van der Waals surface area contributed by atoms with Crippen molar-refractivity contribution in [3.8, 4) is 16.9 Å². The Morgan fingerprint density at radius 3 is 2.45 bits per heavy atom. The van der Waals surface area contributed by atoms with Crippen LogP contribution in [-0.4, -0.2) is 41.1 Å². The molecular formula is C27H32ClNO4. The van der Waals surface area contributed by atoms with E-state index in [0.717, 1.165) is 42.5 Å². The summed E-state index contributed by atoms with van der Waals surface area (Å²) in [5.74, 6) is 0.246. The van der Waals surface area contributed by atoms with Crippen molar-refractivity contribution >= 4 is 23.5 Å². The third kappa shape index (κ3) is 6.08. The molecule has 6 heteroatoms. The second-order valence-electron chi connectivity index (χ2n) is 9.19. The van der Waals surface area contributed by atoms with Crippen LogP contribution in [0.25, 0.3) is 11.1 Å². The van der Waals surface area contributed by atoms with Crippen LogP contribution in [-0.2, 0) is 16.0 Å². The molecule has 0 aromatic heterocycles. The van der Waals surface area contributed by atoms with Gasteiger partial charge in [0.2, 0.25) is 5.91 Å². The number of carbonyl (C=O) groups is 2. The van der Waals surface area contributed by atoms with Crippen LogP contribution in [0.1, 0.15) is 56.9 Å². The van der Waals surface area contributed by atoms with Gasteiger partial charge in [0.1, 0.15) is 5.75 Å². The highest BCUT2D eigenvalue weighted by Gasteiger charge is 2.36. The molecular weight excluding hydrogens is 438 g/mol. The van der Waals surface area contributed by atoms with Crippen molar-refractivity contribution < 1.29 is 19.4 Å². The monoisotopic (exact) mass is 469 g/mol. The van der Waals surface area contributed by atoms with Crippen molar-refractivity contribution in [2.24, 2.45) is 5.92 Å². The van der Waals surface area contributed by atoms with Gasteiger partial charge in [-0.1, -0.05) is 55.1 Å². The first-order chi connectivity index (χ1) is 16.0. The van der Waals surface area contributed by atoms with E-state index in [2.05, 4.69) is 11.0 Å². The van der Waals surface area contributed by atoms with Crippen molar-refractivity contribution in [2.45, 2.75) is 63.8 Å². The van der Waals surface area contributed by atoms with Crippen LogP contribution >= 0.6 is 11.6 Å². The van der Waals surface area contributed by atoms with Crippen LogP contribution in [0.2, 0.25) is 5.02 Å². The van der Waals surface area contributed by atoms with Crippen molar-refractivity contribution in [1.29, 1.82) is 0 Å². The third-order valence-corrected chi connectivity index (χ3v) is 7.23. The van der Waals surface area contributed by atoms with E-state index in [1.54, 1.807) is 0 Å². The Labute approximate surface area is 200 Å². The fourth-order valence-corrected chi connectivity index (χ4v) is 5.28. The minimum atomic E-state index is -0.812. The van der Waals surface area contributed by atoms with Gasteiger partial charge >= 0.3 is 5.97 Å². The minimum Gasteiger partial charge on any atom is -0.494 e. The summed E-state index contributed by atoms with van der Waals surface area (Å²) in [5.41, 5.74) is 3.08. The lowest BCUT2D eigenvalue weighted by atomic mass is 9.93. The maximum Gasteiger partial charge on any atom is 0.303 e. The number of carboxylic acid groups (broad SMARTS) is 1. The second kappa shape index (κ2) is 11.1. The molecule has 5 nitrogen and oxygen atoms in total. The standard InChI is InChI=1S/C27H32ClNO4/c28-25-18-20(19-10-12-24(13-11-19)33-16-4-7-26(30)31)8-9-21(25)17-22-14-15-29(27(22)32)23-5-2-1-3-6-23/h8-13,18,22-23H,1-7,14-17H2,(H,30,31). The predicted octanol–water partition coefficient (Wildman–Crippen LogP) is 5.97. The number of rotatable bonds is 9. The Balaban J connectivity index is 1.34. The van der Waals surface area contributed by atoms with E-state index < -0.39 is 5.97 Å². The third-order valence-electron chi connectivity index (χ3n) is 6.88. The van der Waals surface area contributed by atoms with E-state index in [1.807, 2.05) is 36.4 Å². The number of hydrogen-bond donors (Lipinski definition) is 1. The topological polar surface area (TPSA) is 66.8 Å². The van der Waals surface area contributed by atoms with Crippen LogP contribution < -0.4 is 4.74 Å². The lowest BCUT2D eigenvalue weighted by Gasteiger charge is -2.31. The van der Waals surface area contributed by atoms with Gasteiger partial charge < -0.3 is 14.7 Å². The number of carbonyl (C=O) groups excluding carboxylic acids is 1. The summed E-state index contributed by atoms with van der Waals surface area (Å²) in [6, 6.07) is 14.2. The summed E-state index contributed by atoms with van der Waals surface area (Å²) in [6.07, 6.45) is 8.29. The number of hydrogen-bond acceptors (Lipinski definition) is 3. The van der Waals surface area contributed by atoms with E-state index in [-0.39, 0.29) is 12.3 Å². The molecule has 2 aromatic carbocycles. The van der Waals surface area contributed by atoms with Crippen molar-refractivity contribution in [2.75, 3.05) is 13.2 Å². The highest BCUT2D eigenvalue weighted by atomic mass is 35.5. The highest BCUT2D eigenvalue weighted by Crippen LogP contribution is 2.33. The molecule has 2 fully saturated rings. The summed E-state index contributed by atoms with van der Waals surface area (Å²) in [5, 5.41) is 9.39. The second-order valence-corrected chi connectivity index (χ2v) is 9.60. The molecule has 1 saturated heterocycles. The van der Waals surface area contributed by atoms with Gasteiger partial charge in [-0.05, 0) is 67.0 Å². The van der Waals surface area contributed by atoms with Gasteiger partial charge in [0.25, 0.3) is 0 Å². The Kier molecular flexibility index (Phi) is 7.92. The molecule has 0 spiro atoms. The summed E-state index contributed by atoms with van der Waals surface area (Å²) in [7, 11) is 0. The number of ether oxygens (including phenoxy) is 1. The number of carboxylic acids is 1. The number of likely N-dealkylation sites (tertiary alicyclic amines) is 1. The van der Waals surface area contributed by atoms with Gasteiger partial charge in [0, 0.05) is 29.9 Å². The summed E-state index contributed by atoms with van der Waals surface area (Å²) in [6.45, 7) is 1.26. The van der Waals surface area contributed by atoms with E-state index in [0.29, 0.717) is 42.2 Å². The zero-order valence-electron chi connectivity index (χ0n) is 19.0. The van der Waals surface area contributed by atoms with Crippen LogP contribution in [0.4, 0.5) is 0 Å². The minimum absolute atomic E-state index is 0.0350. The molecule has 0 bridgehead atoms. The van der Waals surface area contributed by atoms with Crippen molar-refractivity contribution in [1.82, 2.24) is 4.90 Å². The van der Waals surface area contributed by atoms with Crippen molar-refractivity contribution in [3.05, 3.63) is 53.1 Å². The fourth-order valence-electron chi connectivity index (χ4n) is 5.02. The molecule has 1 N–H and O–H groups in total. The first kappa shape index (κ1) is 23.6. The molecule has 1 aliphatic carbocycles. The zero-order valence-corrected chi connectivity index (χ0v) is 19.7. The highest BCUT2D eigenvalue weighted by molar-refractivity contribution is 6.31.